The quantitative estimate of drug-likeness (QED) is 0.476. The molecule has 1 fully saturated rings. The number of H-pyrrole nitrogens is 1. The maximum Gasteiger partial charge on any atom is 0.206 e. The molecule has 30 heavy (non-hydrogen) atoms. The van der Waals surface area contributed by atoms with Crippen LogP contribution in [0.25, 0.3) is 0 Å². The molecule has 1 aliphatic carbocycles. The minimum absolute atomic E-state index is 0.135. The number of aryl methyl sites for hydroxylation is 1. The van der Waals surface area contributed by atoms with Crippen molar-refractivity contribution < 1.29 is 13.5 Å². The molecule has 3 aromatic rings. The van der Waals surface area contributed by atoms with Gasteiger partial charge in [0.15, 0.2) is 5.82 Å². The highest BCUT2D eigenvalue weighted by Crippen LogP contribution is 2.28. The van der Waals surface area contributed by atoms with Gasteiger partial charge in [0.2, 0.25) is 9.84 Å². The zero-order chi connectivity index (χ0) is 21.1. The SMILES string of the molecule is Cc1cc(Nc2cc(S(=O)(=O)c3ccccc3)cc(NC3CCC(O)CC3)n2)n[nH]1. The van der Waals surface area contributed by atoms with Crippen molar-refractivity contribution in [2.24, 2.45) is 0 Å². The van der Waals surface area contributed by atoms with Crippen molar-refractivity contribution in [3.05, 3.63) is 54.2 Å². The molecule has 0 unspecified atom stereocenters. The lowest BCUT2D eigenvalue weighted by Crippen LogP contribution is -2.28. The molecule has 1 aliphatic rings. The molecule has 0 aliphatic heterocycles. The largest absolute Gasteiger partial charge is 0.393 e. The molecule has 8 nitrogen and oxygen atoms in total. The molecule has 0 bridgehead atoms. The fourth-order valence-corrected chi connectivity index (χ4v) is 4.90. The number of aliphatic hydroxyl groups excluding tert-OH is 1. The molecular formula is C21H25N5O3S. The molecule has 0 radical (unpaired) electrons. The molecule has 9 heteroatoms. The number of benzene rings is 1. The molecule has 2 aromatic heterocycles. The molecule has 4 N–H and O–H groups in total. The van der Waals surface area contributed by atoms with E-state index < -0.39 is 9.84 Å². The lowest BCUT2D eigenvalue weighted by molar-refractivity contribution is 0.126. The first-order valence-corrected chi connectivity index (χ1v) is 11.4. The van der Waals surface area contributed by atoms with Crippen molar-refractivity contribution in [3.63, 3.8) is 0 Å². The second kappa shape index (κ2) is 8.45. The molecule has 0 amide bonds. The van der Waals surface area contributed by atoms with Crippen LogP contribution in [0.1, 0.15) is 31.4 Å². The molecule has 1 saturated carbocycles. The van der Waals surface area contributed by atoms with Crippen molar-refractivity contribution in [2.75, 3.05) is 10.6 Å². The van der Waals surface area contributed by atoms with E-state index in [1.54, 1.807) is 36.4 Å². The molecule has 0 atom stereocenters. The maximum absolute atomic E-state index is 13.2. The van der Waals surface area contributed by atoms with Gasteiger partial charge in [-0.05, 0) is 50.8 Å². The van der Waals surface area contributed by atoms with Crippen LogP contribution in [0.4, 0.5) is 17.5 Å². The third kappa shape index (κ3) is 4.63. The van der Waals surface area contributed by atoms with Gasteiger partial charge in [0.1, 0.15) is 11.6 Å². The summed E-state index contributed by atoms with van der Waals surface area (Å²) in [4.78, 5) is 4.93. The summed E-state index contributed by atoms with van der Waals surface area (Å²) in [6.45, 7) is 1.88. The summed E-state index contributed by atoms with van der Waals surface area (Å²) in [6, 6.07) is 13.4. The Bertz CT molecular complexity index is 1110. The van der Waals surface area contributed by atoms with E-state index in [1.165, 1.54) is 6.07 Å². The zero-order valence-corrected chi connectivity index (χ0v) is 17.5. The number of hydrogen-bond donors (Lipinski definition) is 4. The van der Waals surface area contributed by atoms with Crippen molar-refractivity contribution in [1.29, 1.82) is 0 Å². The third-order valence-electron chi connectivity index (χ3n) is 5.17. The van der Waals surface area contributed by atoms with Crippen LogP contribution in [0.5, 0.6) is 0 Å². The van der Waals surface area contributed by atoms with Crippen LogP contribution >= 0.6 is 0 Å². The zero-order valence-electron chi connectivity index (χ0n) is 16.7. The van der Waals surface area contributed by atoms with Crippen LogP contribution < -0.4 is 10.6 Å². The molecule has 0 spiro atoms. The average Bonchev–Trinajstić information content (AvgIpc) is 3.15. The Kier molecular flexibility index (Phi) is 5.74. The van der Waals surface area contributed by atoms with Crippen LogP contribution in [0.15, 0.2) is 58.3 Å². The Labute approximate surface area is 175 Å². The Hall–Kier alpha value is -2.91. The molecule has 4 rings (SSSR count). The van der Waals surface area contributed by atoms with Gasteiger partial charge in [-0.3, -0.25) is 5.10 Å². The first kappa shape index (κ1) is 20.4. The van der Waals surface area contributed by atoms with Gasteiger partial charge in [0, 0.05) is 23.9 Å². The van der Waals surface area contributed by atoms with Crippen molar-refractivity contribution in [3.8, 4) is 0 Å². The summed E-state index contributed by atoms with van der Waals surface area (Å²) in [7, 11) is -3.71. The van der Waals surface area contributed by atoms with Crippen LogP contribution in [-0.2, 0) is 9.84 Å². The number of aliphatic hydroxyl groups is 1. The minimum atomic E-state index is -3.71. The standard InChI is InChI=1S/C21H25N5O3S/c1-14-11-21(26-25-14)24-20-13-18(30(28,29)17-5-3-2-4-6-17)12-19(23-20)22-15-7-9-16(27)10-8-15/h2-6,11-13,15-16,27H,7-10H2,1H3,(H3,22,23,24,25,26). The van der Waals surface area contributed by atoms with Crippen LogP contribution in [-0.4, -0.2) is 40.9 Å². The van der Waals surface area contributed by atoms with E-state index in [1.807, 2.05) is 13.0 Å². The second-order valence-electron chi connectivity index (χ2n) is 7.60. The van der Waals surface area contributed by atoms with E-state index >= 15 is 0 Å². The van der Waals surface area contributed by atoms with Gasteiger partial charge in [-0.15, -0.1) is 0 Å². The normalized spacial score (nSPS) is 19.4. The van der Waals surface area contributed by atoms with Gasteiger partial charge < -0.3 is 15.7 Å². The van der Waals surface area contributed by atoms with E-state index in [-0.39, 0.29) is 21.9 Å². The topological polar surface area (TPSA) is 120 Å². The van der Waals surface area contributed by atoms with Gasteiger partial charge in [-0.25, -0.2) is 13.4 Å². The molecule has 1 aromatic carbocycles. The predicted molar refractivity (Wildman–Crippen MR) is 115 cm³/mol. The fraction of sp³-hybridized carbons (Fsp3) is 0.333. The predicted octanol–water partition coefficient (Wildman–Crippen LogP) is 3.40. The lowest BCUT2D eigenvalue weighted by Gasteiger charge is -2.26. The minimum Gasteiger partial charge on any atom is -0.393 e. The van der Waals surface area contributed by atoms with Crippen molar-refractivity contribution >= 4 is 27.3 Å². The van der Waals surface area contributed by atoms with Crippen LogP contribution in [0.2, 0.25) is 0 Å². The van der Waals surface area contributed by atoms with Gasteiger partial charge in [-0.1, -0.05) is 18.2 Å². The number of hydrogen-bond acceptors (Lipinski definition) is 7. The van der Waals surface area contributed by atoms with Gasteiger partial charge in [0.05, 0.1) is 15.9 Å². The summed E-state index contributed by atoms with van der Waals surface area (Å²) in [5.74, 6) is 1.42. The number of aromatic nitrogens is 3. The van der Waals surface area contributed by atoms with Gasteiger partial charge in [0.25, 0.3) is 0 Å². The van der Waals surface area contributed by atoms with E-state index in [9.17, 15) is 13.5 Å². The highest BCUT2D eigenvalue weighted by molar-refractivity contribution is 7.91. The summed E-state index contributed by atoms with van der Waals surface area (Å²) >= 11 is 0. The maximum atomic E-state index is 13.2. The number of nitrogens with one attached hydrogen (secondary N) is 3. The van der Waals surface area contributed by atoms with Crippen molar-refractivity contribution in [1.82, 2.24) is 15.2 Å². The number of anilines is 3. The van der Waals surface area contributed by atoms with E-state index in [4.69, 9.17) is 0 Å². The monoisotopic (exact) mass is 427 g/mol. The highest BCUT2D eigenvalue weighted by Gasteiger charge is 2.23. The van der Waals surface area contributed by atoms with Crippen molar-refractivity contribution in [2.45, 2.75) is 54.5 Å². The highest BCUT2D eigenvalue weighted by atomic mass is 32.2. The second-order valence-corrected chi connectivity index (χ2v) is 9.55. The Morgan fingerprint density at radius 3 is 2.33 bits per heavy atom. The number of pyridine rings is 1. The van der Waals surface area contributed by atoms with Crippen LogP contribution in [0, 0.1) is 6.92 Å². The average molecular weight is 428 g/mol. The smallest absolute Gasteiger partial charge is 0.206 e. The number of rotatable bonds is 6. The molecular weight excluding hydrogens is 402 g/mol. The van der Waals surface area contributed by atoms with E-state index in [0.29, 0.717) is 17.5 Å². The summed E-state index contributed by atoms with van der Waals surface area (Å²) in [6.07, 6.45) is 2.79. The van der Waals surface area contributed by atoms with Gasteiger partial charge >= 0.3 is 0 Å². The third-order valence-corrected chi connectivity index (χ3v) is 6.92. The first-order valence-electron chi connectivity index (χ1n) is 9.96. The molecule has 2 heterocycles. The fourth-order valence-electron chi connectivity index (χ4n) is 3.58. The summed E-state index contributed by atoms with van der Waals surface area (Å²) < 4.78 is 26.4. The Morgan fingerprint density at radius 2 is 1.67 bits per heavy atom. The molecule has 0 saturated heterocycles. The number of sulfone groups is 1. The van der Waals surface area contributed by atoms with Gasteiger partial charge in [-0.2, -0.15) is 5.10 Å². The molecule has 158 valence electrons. The van der Waals surface area contributed by atoms with Crippen LogP contribution in [0.3, 0.4) is 0 Å². The Morgan fingerprint density at radius 1 is 0.967 bits per heavy atom. The summed E-state index contributed by atoms with van der Waals surface area (Å²) in [5, 5.41) is 23.1. The van der Waals surface area contributed by atoms with E-state index in [2.05, 4.69) is 25.8 Å². The number of nitrogens with zero attached hydrogens (tertiary/aromatic N) is 2. The number of aromatic amines is 1. The van der Waals surface area contributed by atoms with E-state index in [0.717, 1.165) is 31.4 Å². The first-order chi connectivity index (χ1) is 14.4. The lowest BCUT2D eigenvalue weighted by atomic mass is 9.93. The Balaban J connectivity index is 1.68. The summed E-state index contributed by atoms with van der Waals surface area (Å²) in [5.41, 5.74) is 0.879.